The second-order valence-corrected chi connectivity index (χ2v) is 4.77. The molecule has 106 valence electrons. The minimum absolute atomic E-state index is 0.0717. The first-order valence-electron chi connectivity index (χ1n) is 6.72. The maximum absolute atomic E-state index is 12.2. The van der Waals surface area contributed by atoms with Crippen LogP contribution in [0.2, 0.25) is 0 Å². The summed E-state index contributed by atoms with van der Waals surface area (Å²) < 4.78 is 5.14. The monoisotopic (exact) mass is 282 g/mol. The van der Waals surface area contributed by atoms with Crippen LogP contribution in [0.4, 0.5) is 5.69 Å². The van der Waals surface area contributed by atoms with E-state index in [0.717, 1.165) is 18.8 Å². The van der Waals surface area contributed by atoms with Gasteiger partial charge < -0.3 is 14.2 Å². The van der Waals surface area contributed by atoms with Crippen LogP contribution in [0.25, 0.3) is 0 Å². The summed E-state index contributed by atoms with van der Waals surface area (Å²) in [5, 5.41) is 8.75. The van der Waals surface area contributed by atoms with E-state index in [1.165, 1.54) is 6.26 Å². The highest BCUT2D eigenvalue weighted by molar-refractivity contribution is 5.91. The zero-order valence-corrected chi connectivity index (χ0v) is 11.4. The first-order valence-corrected chi connectivity index (χ1v) is 6.72. The van der Waals surface area contributed by atoms with Gasteiger partial charge in [0, 0.05) is 26.2 Å². The van der Waals surface area contributed by atoms with E-state index < -0.39 is 0 Å². The van der Waals surface area contributed by atoms with Gasteiger partial charge in [-0.1, -0.05) is 0 Å². The highest BCUT2D eigenvalue weighted by Crippen LogP contribution is 2.16. The summed E-state index contributed by atoms with van der Waals surface area (Å²) in [6, 6.07) is 8.98. The Morgan fingerprint density at radius 1 is 1.24 bits per heavy atom. The van der Waals surface area contributed by atoms with E-state index in [0.29, 0.717) is 24.5 Å². The molecule has 0 atom stereocenters. The lowest BCUT2D eigenvalue weighted by Gasteiger charge is -2.35. The molecule has 1 saturated heterocycles. The smallest absolute Gasteiger partial charge is 0.289 e. The molecule has 0 radical (unpaired) electrons. The summed E-state index contributed by atoms with van der Waals surface area (Å²) in [7, 11) is 0. The Bertz CT molecular complexity index is 650. The number of amides is 1. The number of anilines is 1. The average molecular weight is 282 g/mol. The topological polar surface area (TPSA) is 73.4 Å². The van der Waals surface area contributed by atoms with Gasteiger partial charge in [0.2, 0.25) is 0 Å². The Kier molecular flexibility index (Phi) is 3.56. The first kappa shape index (κ1) is 13.2. The predicted molar refractivity (Wildman–Crippen MR) is 75.8 cm³/mol. The van der Waals surface area contributed by atoms with E-state index in [-0.39, 0.29) is 5.91 Å². The molecule has 6 nitrogen and oxygen atoms in total. The summed E-state index contributed by atoms with van der Waals surface area (Å²) >= 11 is 0. The molecule has 2 aromatic heterocycles. The number of piperazine rings is 1. The van der Waals surface area contributed by atoms with E-state index >= 15 is 0 Å². The summed E-state index contributed by atoms with van der Waals surface area (Å²) in [6.07, 6.45) is 3.20. The van der Waals surface area contributed by atoms with Crippen LogP contribution in [-0.4, -0.2) is 42.0 Å². The van der Waals surface area contributed by atoms with Crippen LogP contribution in [0.15, 0.2) is 41.1 Å². The van der Waals surface area contributed by atoms with Gasteiger partial charge in [-0.2, -0.15) is 5.26 Å². The minimum Gasteiger partial charge on any atom is -0.459 e. The van der Waals surface area contributed by atoms with Gasteiger partial charge in [0.1, 0.15) is 11.8 Å². The van der Waals surface area contributed by atoms with E-state index in [2.05, 4.69) is 9.88 Å². The number of hydrogen-bond donors (Lipinski definition) is 0. The Morgan fingerprint density at radius 2 is 2.05 bits per heavy atom. The molecule has 21 heavy (non-hydrogen) atoms. The standard InChI is InChI=1S/C15H14N4O2/c16-10-12-3-4-13(11-17-12)18-5-7-19(8-6-18)15(20)14-2-1-9-21-14/h1-4,9,11H,5-8H2. The Morgan fingerprint density at radius 3 is 2.62 bits per heavy atom. The largest absolute Gasteiger partial charge is 0.459 e. The molecule has 0 aliphatic carbocycles. The van der Waals surface area contributed by atoms with Crippen molar-refractivity contribution < 1.29 is 9.21 Å². The summed E-state index contributed by atoms with van der Waals surface area (Å²) in [4.78, 5) is 20.2. The fraction of sp³-hybridized carbons (Fsp3) is 0.267. The van der Waals surface area contributed by atoms with E-state index in [1.54, 1.807) is 29.3 Å². The van der Waals surface area contributed by atoms with Crippen LogP contribution < -0.4 is 4.90 Å². The zero-order valence-electron chi connectivity index (χ0n) is 11.4. The highest BCUT2D eigenvalue weighted by atomic mass is 16.3. The van der Waals surface area contributed by atoms with Crippen molar-refractivity contribution in [2.45, 2.75) is 0 Å². The normalized spacial score (nSPS) is 14.8. The quantitative estimate of drug-likeness (QED) is 0.834. The number of carbonyl (C=O) groups is 1. The summed E-state index contributed by atoms with van der Waals surface area (Å²) in [6.45, 7) is 2.75. The summed E-state index contributed by atoms with van der Waals surface area (Å²) in [5.74, 6) is 0.307. The number of carbonyl (C=O) groups excluding carboxylic acids is 1. The minimum atomic E-state index is -0.0717. The van der Waals surface area contributed by atoms with Gasteiger partial charge in [0.25, 0.3) is 5.91 Å². The molecule has 3 rings (SSSR count). The predicted octanol–water partition coefficient (Wildman–Crippen LogP) is 1.51. The van der Waals surface area contributed by atoms with Crippen molar-refractivity contribution in [3.63, 3.8) is 0 Å². The Labute approximate surface area is 122 Å². The molecule has 1 aliphatic heterocycles. The van der Waals surface area contributed by atoms with Crippen LogP contribution in [-0.2, 0) is 0 Å². The molecule has 0 spiro atoms. The number of rotatable bonds is 2. The molecule has 1 amide bonds. The van der Waals surface area contributed by atoms with Crippen LogP contribution in [0, 0.1) is 11.3 Å². The molecule has 0 N–H and O–H groups in total. The van der Waals surface area contributed by atoms with E-state index in [1.807, 2.05) is 12.1 Å². The average Bonchev–Trinajstić information content (AvgIpc) is 3.09. The number of aromatic nitrogens is 1. The van der Waals surface area contributed by atoms with Crippen molar-refractivity contribution in [1.82, 2.24) is 9.88 Å². The van der Waals surface area contributed by atoms with E-state index in [4.69, 9.17) is 9.68 Å². The fourth-order valence-electron chi connectivity index (χ4n) is 2.36. The first-order chi connectivity index (χ1) is 10.3. The van der Waals surface area contributed by atoms with E-state index in [9.17, 15) is 4.79 Å². The van der Waals surface area contributed by atoms with Crippen molar-refractivity contribution >= 4 is 11.6 Å². The third kappa shape index (κ3) is 2.72. The third-order valence-corrected chi connectivity index (χ3v) is 3.53. The third-order valence-electron chi connectivity index (χ3n) is 3.53. The molecule has 6 heteroatoms. The fourth-order valence-corrected chi connectivity index (χ4v) is 2.36. The second-order valence-electron chi connectivity index (χ2n) is 4.77. The maximum Gasteiger partial charge on any atom is 0.289 e. The van der Waals surface area contributed by atoms with Crippen LogP contribution in [0.3, 0.4) is 0 Å². The molecule has 1 fully saturated rings. The van der Waals surface area contributed by atoms with Crippen molar-refractivity contribution in [3.8, 4) is 6.07 Å². The molecule has 0 saturated carbocycles. The summed E-state index contributed by atoms with van der Waals surface area (Å²) in [5.41, 5.74) is 1.38. The lowest BCUT2D eigenvalue weighted by molar-refractivity contribution is 0.0714. The van der Waals surface area contributed by atoms with Crippen molar-refractivity contribution in [2.24, 2.45) is 0 Å². The van der Waals surface area contributed by atoms with Gasteiger partial charge in [0.15, 0.2) is 5.76 Å². The van der Waals surface area contributed by atoms with Crippen LogP contribution >= 0.6 is 0 Å². The lowest BCUT2D eigenvalue weighted by Crippen LogP contribution is -2.48. The molecule has 3 heterocycles. The Hall–Kier alpha value is -2.81. The lowest BCUT2D eigenvalue weighted by atomic mass is 10.2. The molecule has 0 bridgehead atoms. The number of pyridine rings is 1. The molecular formula is C15H14N4O2. The van der Waals surface area contributed by atoms with Gasteiger partial charge in [-0.15, -0.1) is 0 Å². The number of nitriles is 1. The van der Waals surface area contributed by atoms with Crippen LogP contribution in [0.1, 0.15) is 16.2 Å². The van der Waals surface area contributed by atoms with Gasteiger partial charge in [-0.05, 0) is 24.3 Å². The maximum atomic E-state index is 12.2. The molecule has 0 unspecified atom stereocenters. The second kappa shape index (κ2) is 5.67. The van der Waals surface area contributed by atoms with Crippen LogP contribution in [0.5, 0.6) is 0 Å². The van der Waals surface area contributed by atoms with Gasteiger partial charge in [-0.3, -0.25) is 4.79 Å². The van der Waals surface area contributed by atoms with Crippen molar-refractivity contribution in [1.29, 1.82) is 5.26 Å². The SMILES string of the molecule is N#Cc1ccc(N2CCN(C(=O)c3ccco3)CC2)cn1. The molecular weight excluding hydrogens is 268 g/mol. The zero-order chi connectivity index (χ0) is 14.7. The molecule has 1 aliphatic rings. The molecule has 2 aromatic rings. The number of furan rings is 1. The van der Waals surface area contributed by atoms with Crippen molar-refractivity contribution in [3.05, 3.63) is 48.2 Å². The Balaban J connectivity index is 1.62. The highest BCUT2D eigenvalue weighted by Gasteiger charge is 2.23. The van der Waals surface area contributed by atoms with Gasteiger partial charge in [0.05, 0.1) is 18.1 Å². The molecule has 0 aromatic carbocycles. The number of hydrogen-bond acceptors (Lipinski definition) is 5. The van der Waals surface area contributed by atoms with Gasteiger partial charge >= 0.3 is 0 Å². The van der Waals surface area contributed by atoms with Crippen molar-refractivity contribution in [2.75, 3.05) is 31.1 Å². The van der Waals surface area contributed by atoms with Gasteiger partial charge in [-0.25, -0.2) is 4.98 Å². The number of nitrogens with zero attached hydrogens (tertiary/aromatic N) is 4.